The minimum Gasteiger partial charge on any atom is -0.383 e. The number of nitrogens with one attached hydrogen (secondary N) is 2. The second kappa shape index (κ2) is 9.76. The van der Waals surface area contributed by atoms with Crippen LogP contribution in [0.25, 0.3) is 0 Å². The first kappa shape index (κ1) is 19.9. The molecule has 0 aliphatic heterocycles. The van der Waals surface area contributed by atoms with Crippen molar-refractivity contribution in [1.82, 2.24) is 20.4 Å². The van der Waals surface area contributed by atoms with Crippen molar-refractivity contribution in [2.45, 2.75) is 33.2 Å². The fraction of sp³-hybridized carbons (Fsp3) is 0.714. The summed E-state index contributed by atoms with van der Waals surface area (Å²) in [6.45, 7) is 7.67. The Morgan fingerprint density at radius 2 is 2.10 bits per heavy atom. The third kappa shape index (κ3) is 6.46. The van der Waals surface area contributed by atoms with Gasteiger partial charge >= 0.3 is 0 Å². The van der Waals surface area contributed by atoms with Gasteiger partial charge in [-0.25, -0.2) is 0 Å². The molecule has 6 nitrogen and oxygen atoms in total. The highest BCUT2D eigenvalue weighted by atomic mass is 35.5. The molecule has 122 valence electrons. The van der Waals surface area contributed by atoms with Crippen molar-refractivity contribution >= 4 is 18.3 Å². The number of aromatic nitrogens is 2. The van der Waals surface area contributed by atoms with E-state index in [0.717, 1.165) is 17.8 Å². The van der Waals surface area contributed by atoms with Crippen LogP contribution in [0.4, 0.5) is 0 Å². The SMILES string of the molecule is COCCNCC(=O)NC(C)Cc1c(C)nn(C)c1C.Cl. The van der Waals surface area contributed by atoms with E-state index in [0.29, 0.717) is 19.7 Å². The topological polar surface area (TPSA) is 68.2 Å². The van der Waals surface area contributed by atoms with Crippen LogP contribution in [0, 0.1) is 13.8 Å². The lowest BCUT2D eigenvalue weighted by molar-refractivity contribution is -0.120. The Hall–Kier alpha value is -1.11. The summed E-state index contributed by atoms with van der Waals surface area (Å²) in [5.41, 5.74) is 3.40. The van der Waals surface area contributed by atoms with Crippen LogP contribution in [0.15, 0.2) is 0 Å². The molecule has 1 aromatic rings. The fourth-order valence-corrected chi connectivity index (χ4v) is 2.17. The van der Waals surface area contributed by atoms with Crippen LogP contribution < -0.4 is 10.6 Å². The summed E-state index contributed by atoms with van der Waals surface area (Å²) in [6, 6.07) is 0.0910. The van der Waals surface area contributed by atoms with Gasteiger partial charge in [-0.05, 0) is 32.8 Å². The summed E-state index contributed by atoms with van der Waals surface area (Å²) in [5, 5.41) is 10.4. The van der Waals surface area contributed by atoms with Crippen LogP contribution in [-0.2, 0) is 23.0 Å². The van der Waals surface area contributed by atoms with E-state index in [1.165, 1.54) is 5.56 Å². The molecule has 2 N–H and O–H groups in total. The lowest BCUT2D eigenvalue weighted by atomic mass is 10.1. The molecule has 0 spiro atoms. The van der Waals surface area contributed by atoms with Gasteiger partial charge in [0.2, 0.25) is 5.91 Å². The molecular weight excluding hydrogens is 292 g/mol. The van der Waals surface area contributed by atoms with Crippen LogP contribution >= 0.6 is 12.4 Å². The van der Waals surface area contributed by atoms with Gasteiger partial charge in [-0.2, -0.15) is 5.10 Å². The molecule has 1 unspecified atom stereocenters. The molecule has 1 rings (SSSR count). The zero-order valence-corrected chi connectivity index (χ0v) is 14.3. The predicted octanol–water partition coefficient (Wildman–Crippen LogP) is 0.742. The van der Waals surface area contributed by atoms with Crippen molar-refractivity contribution in [2.75, 3.05) is 26.8 Å². The van der Waals surface area contributed by atoms with Crippen LogP contribution in [-0.4, -0.2) is 48.5 Å². The first-order valence-electron chi connectivity index (χ1n) is 6.93. The second-order valence-electron chi connectivity index (χ2n) is 5.12. The Labute approximate surface area is 133 Å². The average Bonchev–Trinajstić information content (AvgIpc) is 2.61. The van der Waals surface area contributed by atoms with Gasteiger partial charge in [0.05, 0.1) is 18.8 Å². The normalized spacial score (nSPS) is 11.9. The maximum atomic E-state index is 11.7. The molecule has 1 amide bonds. The molecule has 0 saturated heterocycles. The molecule has 0 bridgehead atoms. The number of aryl methyl sites for hydroxylation is 2. The Balaban J connectivity index is 0.00000400. The number of rotatable bonds is 8. The maximum absolute atomic E-state index is 11.7. The summed E-state index contributed by atoms with van der Waals surface area (Å²) >= 11 is 0. The summed E-state index contributed by atoms with van der Waals surface area (Å²) in [4.78, 5) is 11.7. The highest BCUT2D eigenvalue weighted by molar-refractivity contribution is 5.85. The summed E-state index contributed by atoms with van der Waals surface area (Å²) in [5.74, 6) is 0.00722. The first-order chi connectivity index (χ1) is 9.45. The number of carbonyl (C=O) groups excluding carboxylic acids is 1. The van der Waals surface area contributed by atoms with Crippen molar-refractivity contribution in [3.63, 3.8) is 0 Å². The number of nitrogens with zero attached hydrogens (tertiary/aromatic N) is 2. The molecule has 0 radical (unpaired) electrons. The first-order valence-corrected chi connectivity index (χ1v) is 6.93. The molecule has 1 atom stereocenters. The number of hydrogen-bond donors (Lipinski definition) is 2. The van der Waals surface area contributed by atoms with E-state index < -0.39 is 0 Å². The van der Waals surface area contributed by atoms with E-state index in [1.54, 1.807) is 7.11 Å². The number of methoxy groups -OCH3 is 1. The number of hydrogen-bond acceptors (Lipinski definition) is 4. The van der Waals surface area contributed by atoms with Crippen LogP contribution in [0.3, 0.4) is 0 Å². The molecule has 7 heteroatoms. The van der Waals surface area contributed by atoms with E-state index in [1.807, 2.05) is 25.6 Å². The number of amides is 1. The third-order valence-corrected chi connectivity index (χ3v) is 3.35. The molecule has 21 heavy (non-hydrogen) atoms. The smallest absolute Gasteiger partial charge is 0.234 e. The summed E-state index contributed by atoms with van der Waals surface area (Å²) in [6.07, 6.45) is 0.801. The van der Waals surface area contributed by atoms with E-state index in [-0.39, 0.29) is 24.4 Å². The summed E-state index contributed by atoms with van der Waals surface area (Å²) < 4.78 is 6.79. The molecule has 0 aliphatic rings. The molecule has 0 aromatic carbocycles. The molecule has 0 aliphatic carbocycles. The Morgan fingerprint density at radius 1 is 1.43 bits per heavy atom. The van der Waals surface area contributed by atoms with Gasteiger partial charge < -0.3 is 15.4 Å². The standard InChI is InChI=1S/C14H26N4O2.ClH/c1-10(16-14(19)9-15-6-7-20-5)8-13-11(2)17-18(4)12(13)3;/h10,15H,6-9H2,1-5H3,(H,16,19);1H. The molecule has 1 aromatic heterocycles. The van der Waals surface area contributed by atoms with Crippen molar-refractivity contribution in [3.8, 4) is 0 Å². The summed E-state index contributed by atoms with van der Waals surface area (Å²) in [7, 11) is 3.58. The van der Waals surface area contributed by atoms with Gasteiger partial charge in [-0.3, -0.25) is 9.48 Å². The van der Waals surface area contributed by atoms with Gasteiger partial charge in [0.1, 0.15) is 0 Å². The highest BCUT2D eigenvalue weighted by Gasteiger charge is 2.14. The monoisotopic (exact) mass is 318 g/mol. The Kier molecular flexibility index (Phi) is 9.24. The van der Waals surface area contributed by atoms with Crippen molar-refractivity contribution in [2.24, 2.45) is 7.05 Å². The van der Waals surface area contributed by atoms with Crippen LogP contribution in [0.2, 0.25) is 0 Å². The van der Waals surface area contributed by atoms with E-state index in [4.69, 9.17) is 4.74 Å². The van der Waals surface area contributed by atoms with Gasteiger partial charge in [0, 0.05) is 32.4 Å². The van der Waals surface area contributed by atoms with Gasteiger partial charge in [-0.15, -0.1) is 12.4 Å². The largest absolute Gasteiger partial charge is 0.383 e. The fourth-order valence-electron chi connectivity index (χ4n) is 2.17. The van der Waals surface area contributed by atoms with Gasteiger partial charge in [-0.1, -0.05) is 0 Å². The van der Waals surface area contributed by atoms with Gasteiger partial charge in [0.25, 0.3) is 0 Å². The molecule has 0 fully saturated rings. The second-order valence-corrected chi connectivity index (χ2v) is 5.12. The van der Waals surface area contributed by atoms with Crippen LogP contribution in [0.5, 0.6) is 0 Å². The molecular formula is C14H27ClN4O2. The minimum absolute atomic E-state index is 0. The van der Waals surface area contributed by atoms with E-state index >= 15 is 0 Å². The highest BCUT2D eigenvalue weighted by Crippen LogP contribution is 2.13. The maximum Gasteiger partial charge on any atom is 0.234 e. The quantitative estimate of drug-likeness (QED) is 0.694. The van der Waals surface area contributed by atoms with Crippen molar-refractivity contribution in [3.05, 3.63) is 17.0 Å². The predicted molar refractivity (Wildman–Crippen MR) is 86.0 cm³/mol. The average molecular weight is 319 g/mol. The molecule has 0 saturated carbocycles. The number of halogens is 1. The third-order valence-electron chi connectivity index (χ3n) is 3.35. The number of ether oxygens (including phenoxy) is 1. The lowest BCUT2D eigenvalue weighted by Crippen LogP contribution is -2.40. The zero-order chi connectivity index (χ0) is 15.1. The van der Waals surface area contributed by atoms with Crippen LogP contribution in [0.1, 0.15) is 23.9 Å². The zero-order valence-electron chi connectivity index (χ0n) is 13.5. The Bertz CT molecular complexity index is 448. The molecule has 1 heterocycles. The van der Waals surface area contributed by atoms with E-state index in [2.05, 4.69) is 22.7 Å². The number of carbonyl (C=O) groups is 1. The lowest BCUT2D eigenvalue weighted by Gasteiger charge is -2.14. The van der Waals surface area contributed by atoms with E-state index in [9.17, 15) is 4.79 Å². The minimum atomic E-state index is 0. The Morgan fingerprint density at radius 3 is 2.62 bits per heavy atom. The van der Waals surface area contributed by atoms with Gasteiger partial charge in [0.15, 0.2) is 0 Å². The van der Waals surface area contributed by atoms with Crippen molar-refractivity contribution < 1.29 is 9.53 Å². The van der Waals surface area contributed by atoms with Crippen molar-refractivity contribution in [1.29, 1.82) is 0 Å².